The summed E-state index contributed by atoms with van der Waals surface area (Å²) in [6.45, 7) is 0.299. The molecule has 0 saturated heterocycles. The first-order valence-corrected chi connectivity index (χ1v) is 7.07. The topological polar surface area (TPSA) is 74.7 Å². The summed E-state index contributed by atoms with van der Waals surface area (Å²) < 4.78 is 4.01. The molecule has 0 aliphatic rings. The summed E-state index contributed by atoms with van der Waals surface area (Å²) in [5.74, 6) is 0. The molecule has 0 amide bonds. The second kappa shape index (κ2) is 5.26. The van der Waals surface area contributed by atoms with Crippen LogP contribution >= 0.6 is 23.2 Å². The summed E-state index contributed by atoms with van der Waals surface area (Å²) in [5.41, 5.74) is 0.519. The number of imidazole rings is 1. The molecule has 0 radical (unpaired) electrons. The molecule has 3 heterocycles. The highest BCUT2D eigenvalue weighted by molar-refractivity contribution is 6.32. The molecule has 3 aromatic heterocycles. The van der Waals surface area contributed by atoms with Crippen LogP contribution in [0.4, 0.5) is 0 Å². The summed E-state index contributed by atoms with van der Waals surface area (Å²) in [5, 5.41) is 0.554. The molecule has 0 aromatic carbocycles. The highest BCUT2D eigenvalue weighted by atomic mass is 35.5. The van der Waals surface area contributed by atoms with Crippen LogP contribution in [0.1, 0.15) is 5.56 Å². The van der Waals surface area contributed by atoms with Crippen molar-refractivity contribution in [2.24, 2.45) is 14.1 Å². The number of halogens is 2. The molecule has 0 aliphatic heterocycles. The third-order valence-corrected chi connectivity index (χ3v) is 3.99. The lowest BCUT2D eigenvalue weighted by Crippen LogP contribution is -2.37. The van der Waals surface area contributed by atoms with E-state index in [2.05, 4.69) is 9.97 Å². The van der Waals surface area contributed by atoms with Gasteiger partial charge in [0.15, 0.2) is 11.2 Å². The van der Waals surface area contributed by atoms with E-state index >= 15 is 0 Å². The Hall–Kier alpha value is -2.12. The number of rotatable bonds is 2. The molecular weight excluding hydrogens is 329 g/mol. The van der Waals surface area contributed by atoms with Crippen molar-refractivity contribution in [3.63, 3.8) is 0 Å². The van der Waals surface area contributed by atoms with Crippen molar-refractivity contribution in [3.8, 4) is 0 Å². The maximum atomic E-state index is 12.3. The molecule has 22 heavy (non-hydrogen) atoms. The largest absolute Gasteiger partial charge is 0.332 e. The fourth-order valence-corrected chi connectivity index (χ4v) is 2.66. The van der Waals surface area contributed by atoms with Crippen LogP contribution in [0, 0.1) is 0 Å². The van der Waals surface area contributed by atoms with E-state index in [1.165, 1.54) is 17.9 Å². The molecule has 0 atom stereocenters. The summed E-state index contributed by atoms with van der Waals surface area (Å²) in [7, 11) is 3.00. The highest BCUT2D eigenvalue weighted by Gasteiger charge is 2.15. The van der Waals surface area contributed by atoms with Crippen molar-refractivity contribution >= 4 is 34.4 Å². The number of fused-ring (bicyclic) bond motifs is 1. The molecule has 7 nitrogen and oxygen atoms in total. The average Bonchev–Trinajstić information content (AvgIpc) is 2.89. The van der Waals surface area contributed by atoms with Crippen LogP contribution in [-0.4, -0.2) is 23.7 Å². The smallest absolute Gasteiger partial charge is 0.320 e. The van der Waals surface area contributed by atoms with Crippen LogP contribution in [0.2, 0.25) is 10.3 Å². The maximum Gasteiger partial charge on any atom is 0.332 e. The van der Waals surface area contributed by atoms with Crippen LogP contribution in [0.25, 0.3) is 11.2 Å². The predicted molar refractivity (Wildman–Crippen MR) is 83.6 cm³/mol. The second-order valence-corrected chi connectivity index (χ2v) is 5.58. The van der Waals surface area contributed by atoms with Crippen LogP contribution in [-0.2, 0) is 20.6 Å². The van der Waals surface area contributed by atoms with Crippen molar-refractivity contribution in [3.05, 3.63) is 55.2 Å². The van der Waals surface area contributed by atoms with Gasteiger partial charge in [-0.1, -0.05) is 29.3 Å². The van der Waals surface area contributed by atoms with E-state index in [9.17, 15) is 9.59 Å². The molecule has 0 N–H and O–H groups in total. The van der Waals surface area contributed by atoms with Gasteiger partial charge in [-0.2, -0.15) is 0 Å². The van der Waals surface area contributed by atoms with Gasteiger partial charge in [0, 0.05) is 19.7 Å². The summed E-state index contributed by atoms with van der Waals surface area (Å²) >= 11 is 11.8. The van der Waals surface area contributed by atoms with E-state index in [1.54, 1.807) is 23.7 Å². The van der Waals surface area contributed by atoms with Gasteiger partial charge in [-0.25, -0.2) is 14.8 Å². The Morgan fingerprint density at radius 3 is 2.55 bits per heavy atom. The molecule has 0 bridgehead atoms. The SMILES string of the molecule is Cn1c(=O)c2c(ncn2Cc2ccc(Cl)nc2Cl)n(C)c1=O. The summed E-state index contributed by atoms with van der Waals surface area (Å²) in [4.78, 5) is 32.3. The minimum absolute atomic E-state index is 0.260. The Labute approximate surface area is 134 Å². The Bertz CT molecular complexity index is 1000. The van der Waals surface area contributed by atoms with Crippen LogP contribution in [0.3, 0.4) is 0 Å². The fraction of sp³-hybridized carbons (Fsp3) is 0.231. The molecule has 114 valence electrons. The number of pyridine rings is 1. The molecule has 9 heteroatoms. The quantitative estimate of drug-likeness (QED) is 0.657. The van der Waals surface area contributed by atoms with Crippen LogP contribution in [0.5, 0.6) is 0 Å². The molecule has 0 unspecified atom stereocenters. The Morgan fingerprint density at radius 2 is 1.86 bits per heavy atom. The van der Waals surface area contributed by atoms with Gasteiger partial charge in [0.1, 0.15) is 10.3 Å². The van der Waals surface area contributed by atoms with Crippen molar-refractivity contribution in [1.82, 2.24) is 23.7 Å². The molecule has 0 saturated carbocycles. The Kier molecular flexibility index (Phi) is 3.54. The van der Waals surface area contributed by atoms with Crippen molar-refractivity contribution < 1.29 is 0 Å². The number of aryl methyl sites for hydroxylation is 1. The van der Waals surface area contributed by atoms with Gasteiger partial charge in [-0.15, -0.1) is 0 Å². The number of nitrogens with zero attached hydrogens (tertiary/aromatic N) is 5. The molecular formula is C13H11Cl2N5O2. The standard InChI is InChI=1S/C13H11Cl2N5O2/c1-18-11-9(12(21)19(2)13(18)22)20(6-16-11)5-7-3-4-8(14)17-10(7)15/h3-4,6H,5H2,1-2H3. The average molecular weight is 340 g/mol. The zero-order chi connectivity index (χ0) is 16.0. The van der Waals surface area contributed by atoms with Gasteiger partial charge in [-0.3, -0.25) is 13.9 Å². The van der Waals surface area contributed by atoms with Gasteiger partial charge < -0.3 is 4.57 Å². The van der Waals surface area contributed by atoms with Crippen LogP contribution < -0.4 is 11.2 Å². The number of hydrogen-bond acceptors (Lipinski definition) is 4. The first-order valence-electron chi connectivity index (χ1n) is 6.32. The molecule has 0 aliphatic carbocycles. The van der Waals surface area contributed by atoms with Crippen molar-refractivity contribution in [1.29, 1.82) is 0 Å². The number of hydrogen-bond donors (Lipinski definition) is 0. The van der Waals surface area contributed by atoms with E-state index in [0.717, 1.165) is 4.57 Å². The molecule has 0 spiro atoms. The molecule has 3 rings (SSSR count). The van der Waals surface area contributed by atoms with Crippen molar-refractivity contribution in [2.45, 2.75) is 6.54 Å². The Morgan fingerprint density at radius 1 is 1.14 bits per heavy atom. The van der Waals surface area contributed by atoms with E-state index < -0.39 is 11.2 Å². The third kappa shape index (κ3) is 2.22. The van der Waals surface area contributed by atoms with E-state index in [0.29, 0.717) is 28.4 Å². The molecule has 3 aromatic rings. The van der Waals surface area contributed by atoms with Gasteiger partial charge in [0.25, 0.3) is 5.56 Å². The van der Waals surface area contributed by atoms with Crippen molar-refractivity contribution in [2.75, 3.05) is 0 Å². The summed E-state index contributed by atoms with van der Waals surface area (Å²) in [6.07, 6.45) is 1.50. The lowest BCUT2D eigenvalue weighted by atomic mass is 10.3. The zero-order valence-corrected chi connectivity index (χ0v) is 13.3. The predicted octanol–water partition coefficient (Wildman–Crippen LogP) is 1.18. The van der Waals surface area contributed by atoms with Gasteiger partial charge in [0.05, 0.1) is 12.9 Å². The third-order valence-electron chi connectivity index (χ3n) is 3.45. The maximum absolute atomic E-state index is 12.3. The van der Waals surface area contributed by atoms with E-state index in [1.807, 2.05) is 0 Å². The monoisotopic (exact) mass is 339 g/mol. The Balaban J connectivity index is 2.21. The minimum atomic E-state index is -0.422. The summed E-state index contributed by atoms with van der Waals surface area (Å²) in [6, 6.07) is 3.35. The normalized spacial score (nSPS) is 11.3. The van der Waals surface area contributed by atoms with E-state index in [-0.39, 0.29) is 5.15 Å². The lowest BCUT2D eigenvalue weighted by molar-refractivity contribution is 0.702. The highest BCUT2D eigenvalue weighted by Crippen LogP contribution is 2.18. The first-order chi connectivity index (χ1) is 10.4. The minimum Gasteiger partial charge on any atom is -0.320 e. The van der Waals surface area contributed by atoms with Gasteiger partial charge in [-0.05, 0) is 6.07 Å². The number of aromatic nitrogens is 5. The fourth-order valence-electron chi connectivity index (χ4n) is 2.26. The molecule has 0 fully saturated rings. The van der Waals surface area contributed by atoms with Crippen LogP contribution in [0.15, 0.2) is 28.0 Å². The van der Waals surface area contributed by atoms with E-state index in [4.69, 9.17) is 23.2 Å². The first kappa shape index (κ1) is 14.8. The zero-order valence-electron chi connectivity index (χ0n) is 11.7. The lowest BCUT2D eigenvalue weighted by Gasteiger charge is -2.08. The van der Waals surface area contributed by atoms with Gasteiger partial charge >= 0.3 is 5.69 Å². The van der Waals surface area contributed by atoms with Gasteiger partial charge in [0.2, 0.25) is 0 Å². The second-order valence-electron chi connectivity index (χ2n) is 4.83.